The van der Waals surface area contributed by atoms with Crippen molar-refractivity contribution in [2.24, 2.45) is 0 Å². The average Bonchev–Trinajstić information content (AvgIpc) is 2.32. The number of aromatic hydroxyl groups is 1. The molecule has 1 heterocycles. The topological polar surface area (TPSA) is 70.4 Å². The Labute approximate surface area is 136 Å². The second kappa shape index (κ2) is 10.2. The zero-order valence-electron chi connectivity index (χ0n) is 11.9. The van der Waals surface area contributed by atoms with Crippen LogP contribution >= 0.6 is 0 Å². The van der Waals surface area contributed by atoms with Gasteiger partial charge in [-0.15, -0.1) is 0 Å². The van der Waals surface area contributed by atoms with Gasteiger partial charge in [-0.05, 0) is 38.3 Å². The van der Waals surface area contributed by atoms with Crippen molar-refractivity contribution in [3.8, 4) is 5.75 Å². The molecule has 1 rings (SSSR count). The molecule has 0 fully saturated rings. The zero-order valence-corrected chi connectivity index (χ0v) is 13.9. The molecule has 0 aliphatic rings. The van der Waals surface area contributed by atoms with E-state index in [9.17, 15) is 9.90 Å². The summed E-state index contributed by atoms with van der Waals surface area (Å²) in [6.45, 7) is 1.80. The van der Waals surface area contributed by atoms with Gasteiger partial charge in [-0.1, -0.05) is 19.3 Å². The molecule has 0 bridgehead atoms. The number of hydrogen-bond acceptors (Lipinski definition) is 3. The van der Waals surface area contributed by atoms with Gasteiger partial charge in [0.25, 0.3) is 0 Å². The molecule has 0 spiro atoms. The van der Waals surface area contributed by atoms with Gasteiger partial charge in [-0.2, -0.15) is 0 Å². The molecule has 0 saturated carbocycles. The predicted molar refractivity (Wildman–Crippen MR) is 69.7 cm³/mol. The Morgan fingerprint density at radius 1 is 1.16 bits per heavy atom. The molecule has 0 aromatic carbocycles. The number of rotatable bonds is 8. The third-order valence-electron chi connectivity index (χ3n) is 2.94. The van der Waals surface area contributed by atoms with E-state index in [1.165, 1.54) is 0 Å². The molecular weight excluding hydrogens is 253 g/mol. The number of carboxylic acids is 1. The third-order valence-corrected chi connectivity index (χ3v) is 2.94. The number of aromatic nitrogens is 1. The van der Waals surface area contributed by atoms with E-state index in [1.54, 1.807) is 13.0 Å². The maximum absolute atomic E-state index is 10.3. The number of aliphatic carboxylic acids is 1. The molecule has 1 aromatic heterocycles. The van der Waals surface area contributed by atoms with Crippen LogP contribution in [-0.4, -0.2) is 21.2 Å². The summed E-state index contributed by atoms with van der Waals surface area (Å²) in [4.78, 5) is 14.6. The van der Waals surface area contributed by atoms with Crippen LogP contribution in [0.5, 0.6) is 5.75 Å². The number of nitrogens with zero attached hydrogens (tertiary/aromatic N) is 1. The molecule has 4 nitrogen and oxygen atoms in total. The normalized spacial score (nSPS) is 9.95. The first-order valence-corrected chi connectivity index (χ1v) is 6.47. The molecule has 19 heavy (non-hydrogen) atoms. The number of hydrogen-bond donors (Lipinski definition) is 2. The Hall–Kier alpha value is -0.580. The van der Waals surface area contributed by atoms with E-state index >= 15 is 0 Å². The van der Waals surface area contributed by atoms with Gasteiger partial charge in [0.1, 0.15) is 5.75 Å². The summed E-state index contributed by atoms with van der Waals surface area (Å²) in [5.74, 6) is -0.466. The van der Waals surface area contributed by atoms with Crippen LogP contribution in [0.1, 0.15) is 49.9 Å². The van der Waals surface area contributed by atoms with Gasteiger partial charge in [0.05, 0.1) is 5.69 Å². The van der Waals surface area contributed by atoms with Crippen molar-refractivity contribution in [3.05, 3.63) is 23.5 Å². The Morgan fingerprint density at radius 2 is 1.79 bits per heavy atom. The number of pyridine rings is 1. The van der Waals surface area contributed by atoms with Crippen LogP contribution in [-0.2, 0) is 11.2 Å². The van der Waals surface area contributed by atoms with Gasteiger partial charge in [-0.25, -0.2) is 0 Å². The summed E-state index contributed by atoms with van der Waals surface area (Å²) in [6.07, 6.45) is 6.18. The number of aryl methyl sites for hydroxylation is 2. The molecule has 0 aliphatic carbocycles. The smallest absolute Gasteiger partial charge is 0.506 e. The third kappa shape index (κ3) is 8.24. The Balaban J connectivity index is 0.00000324. The SMILES string of the molecule is Cc1nc(CCCCCCCC(=O)O)ccc1O.[Na+]. The molecule has 0 unspecified atom stereocenters. The predicted octanol–water partition coefficient (Wildman–Crippen LogP) is 0.0673. The number of carbonyl (C=O) groups is 1. The van der Waals surface area contributed by atoms with Crippen molar-refractivity contribution in [1.82, 2.24) is 4.98 Å². The Kier molecular flexibility index (Phi) is 9.92. The van der Waals surface area contributed by atoms with Crippen molar-refractivity contribution in [2.75, 3.05) is 0 Å². The van der Waals surface area contributed by atoms with Gasteiger partial charge in [0, 0.05) is 12.1 Å². The average molecular weight is 274 g/mol. The molecule has 0 atom stereocenters. The summed E-state index contributed by atoms with van der Waals surface area (Å²) in [5.41, 5.74) is 1.68. The summed E-state index contributed by atoms with van der Waals surface area (Å²) in [6, 6.07) is 3.54. The van der Waals surface area contributed by atoms with Crippen molar-refractivity contribution >= 4 is 5.97 Å². The fraction of sp³-hybridized carbons (Fsp3) is 0.571. The van der Waals surface area contributed by atoms with Crippen molar-refractivity contribution < 1.29 is 44.6 Å². The van der Waals surface area contributed by atoms with E-state index in [-0.39, 0.29) is 41.7 Å². The van der Waals surface area contributed by atoms with Crippen LogP contribution in [0.2, 0.25) is 0 Å². The summed E-state index contributed by atoms with van der Waals surface area (Å²) < 4.78 is 0. The second-order valence-electron chi connectivity index (χ2n) is 4.57. The zero-order chi connectivity index (χ0) is 13.4. The molecule has 0 radical (unpaired) electrons. The summed E-state index contributed by atoms with van der Waals surface area (Å²) >= 11 is 0. The van der Waals surface area contributed by atoms with Crippen LogP contribution in [0, 0.1) is 6.92 Å². The summed E-state index contributed by atoms with van der Waals surface area (Å²) in [5, 5.41) is 17.8. The first-order chi connectivity index (χ1) is 8.59. The standard InChI is InChI=1S/C14H21NO3.Na/c1-11-13(16)10-9-12(15-11)7-5-3-2-4-6-8-14(17)18;/h9-10,16H,2-8H2,1H3,(H,17,18);/q;+1. The minimum Gasteiger partial charge on any atom is -0.506 e. The minimum absolute atomic E-state index is 0. The fourth-order valence-electron chi connectivity index (χ4n) is 1.86. The largest absolute Gasteiger partial charge is 1.00 e. The van der Waals surface area contributed by atoms with E-state index in [0.29, 0.717) is 5.69 Å². The number of carboxylic acid groups (broad SMARTS) is 1. The first kappa shape index (κ1) is 18.4. The van der Waals surface area contributed by atoms with Crippen molar-refractivity contribution in [2.45, 2.75) is 51.9 Å². The van der Waals surface area contributed by atoms with Gasteiger partial charge < -0.3 is 10.2 Å². The molecule has 5 heteroatoms. The molecule has 0 amide bonds. The van der Waals surface area contributed by atoms with Gasteiger partial charge in [0.15, 0.2) is 0 Å². The first-order valence-electron chi connectivity index (χ1n) is 6.47. The Morgan fingerprint density at radius 3 is 2.42 bits per heavy atom. The van der Waals surface area contributed by atoms with E-state index in [1.807, 2.05) is 6.07 Å². The van der Waals surface area contributed by atoms with Crippen LogP contribution in [0.3, 0.4) is 0 Å². The molecule has 2 N–H and O–H groups in total. The van der Waals surface area contributed by atoms with Crippen LogP contribution in [0.25, 0.3) is 0 Å². The maximum atomic E-state index is 10.3. The van der Waals surface area contributed by atoms with E-state index in [2.05, 4.69) is 4.98 Å². The van der Waals surface area contributed by atoms with E-state index in [4.69, 9.17) is 5.11 Å². The van der Waals surface area contributed by atoms with Gasteiger partial charge in [0.2, 0.25) is 0 Å². The van der Waals surface area contributed by atoms with E-state index < -0.39 is 5.97 Å². The summed E-state index contributed by atoms with van der Waals surface area (Å²) in [7, 11) is 0. The maximum Gasteiger partial charge on any atom is 1.00 e. The fourth-order valence-corrected chi connectivity index (χ4v) is 1.86. The minimum atomic E-state index is -0.709. The van der Waals surface area contributed by atoms with Crippen LogP contribution in [0.15, 0.2) is 12.1 Å². The van der Waals surface area contributed by atoms with Crippen molar-refractivity contribution in [1.29, 1.82) is 0 Å². The molecule has 1 aromatic rings. The second-order valence-corrected chi connectivity index (χ2v) is 4.57. The Bertz CT molecular complexity index is 396. The van der Waals surface area contributed by atoms with Gasteiger partial charge in [-0.3, -0.25) is 9.78 Å². The molecule has 0 aliphatic heterocycles. The molecule has 0 saturated heterocycles. The van der Waals surface area contributed by atoms with Crippen molar-refractivity contribution in [3.63, 3.8) is 0 Å². The monoisotopic (exact) mass is 274 g/mol. The quantitative estimate of drug-likeness (QED) is 0.520. The van der Waals surface area contributed by atoms with Crippen LogP contribution in [0.4, 0.5) is 0 Å². The van der Waals surface area contributed by atoms with Crippen LogP contribution < -0.4 is 29.6 Å². The number of unbranched alkanes of at least 4 members (excludes halogenated alkanes) is 4. The van der Waals surface area contributed by atoms with E-state index in [0.717, 1.165) is 44.2 Å². The molecule has 100 valence electrons. The van der Waals surface area contributed by atoms with Gasteiger partial charge >= 0.3 is 35.5 Å². The molecular formula is C14H21NNaO3+.